The molecule has 0 aliphatic carbocycles. The van der Waals surface area contributed by atoms with E-state index in [1.54, 1.807) is 14.0 Å². The molecule has 20 heavy (non-hydrogen) atoms. The van der Waals surface area contributed by atoms with Crippen molar-refractivity contribution in [2.75, 3.05) is 7.05 Å². The van der Waals surface area contributed by atoms with Gasteiger partial charge in [-0.1, -0.05) is 71.1 Å². The topological polar surface area (TPSA) is 40.5 Å². The number of amides is 1. The normalized spacial score (nSPS) is 12.4. The average Bonchev–Trinajstić information content (AvgIpc) is 2.43. The number of aliphatic hydroxyl groups is 1. The first-order valence-corrected chi connectivity index (χ1v) is 8.53. The minimum absolute atomic E-state index is 0.0518. The zero-order valence-corrected chi connectivity index (χ0v) is 13.9. The molecule has 0 aromatic heterocycles. The lowest BCUT2D eigenvalue weighted by Crippen LogP contribution is -2.34. The Morgan fingerprint density at radius 2 is 1.30 bits per heavy atom. The van der Waals surface area contributed by atoms with Crippen molar-refractivity contribution >= 4 is 5.91 Å². The van der Waals surface area contributed by atoms with E-state index in [-0.39, 0.29) is 5.91 Å². The van der Waals surface area contributed by atoms with Gasteiger partial charge in [-0.3, -0.25) is 4.79 Å². The van der Waals surface area contributed by atoms with Crippen molar-refractivity contribution < 1.29 is 9.90 Å². The maximum Gasteiger partial charge on any atom is 0.224 e. The Labute approximate surface area is 125 Å². The van der Waals surface area contributed by atoms with Crippen LogP contribution in [0.1, 0.15) is 90.9 Å². The van der Waals surface area contributed by atoms with Crippen LogP contribution in [-0.4, -0.2) is 29.2 Å². The summed E-state index contributed by atoms with van der Waals surface area (Å²) in [5, 5.41) is 9.27. The zero-order chi connectivity index (χ0) is 15.2. The summed E-state index contributed by atoms with van der Waals surface area (Å²) in [6, 6.07) is 0. The second kappa shape index (κ2) is 13.4. The number of carbonyl (C=O) groups excluding carboxylic acids is 1. The zero-order valence-electron chi connectivity index (χ0n) is 13.9. The predicted octanol–water partition coefficient (Wildman–Crippen LogP) is 4.48. The van der Waals surface area contributed by atoms with Gasteiger partial charge in [0.1, 0.15) is 6.23 Å². The van der Waals surface area contributed by atoms with Crippen LogP contribution in [0.15, 0.2) is 0 Å². The minimum atomic E-state index is -0.671. The molecule has 0 aromatic rings. The largest absolute Gasteiger partial charge is 0.374 e. The third kappa shape index (κ3) is 11.3. The molecule has 0 saturated carbocycles. The summed E-state index contributed by atoms with van der Waals surface area (Å²) in [6.07, 6.45) is 14.1. The first-order chi connectivity index (χ1) is 9.59. The number of nitrogens with zero attached hydrogens (tertiary/aromatic N) is 1. The Morgan fingerprint density at radius 1 is 0.900 bits per heavy atom. The minimum Gasteiger partial charge on any atom is -0.374 e. The highest BCUT2D eigenvalue weighted by Gasteiger charge is 2.11. The van der Waals surface area contributed by atoms with Crippen LogP contribution in [0, 0.1) is 0 Å². The van der Waals surface area contributed by atoms with Gasteiger partial charge in [0, 0.05) is 13.5 Å². The van der Waals surface area contributed by atoms with Crippen molar-refractivity contribution in [1.82, 2.24) is 4.90 Å². The molecule has 1 N–H and O–H groups in total. The van der Waals surface area contributed by atoms with E-state index in [2.05, 4.69) is 6.92 Å². The molecule has 0 fully saturated rings. The van der Waals surface area contributed by atoms with Crippen molar-refractivity contribution in [2.24, 2.45) is 0 Å². The second-order valence-electron chi connectivity index (χ2n) is 5.92. The molecular formula is C17H35NO2. The maximum atomic E-state index is 11.6. The summed E-state index contributed by atoms with van der Waals surface area (Å²) >= 11 is 0. The highest BCUT2D eigenvalue weighted by Crippen LogP contribution is 2.12. The van der Waals surface area contributed by atoms with E-state index >= 15 is 0 Å². The van der Waals surface area contributed by atoms with E-state index in [1.807, 2.05) is 0 Å². The summed E-state index contributed by atoms with van der Waals surface area (Å²) in [6.45, 7) is 3.88. The molecule has 0 aliphatic rings. The molecular weight excluding hydrogens is 250 g/mol. The molecule has 0 heterocycles. The molecule has 1 amide bonds. The molecule has 120 valence electrons. The van der Waals surface area contributed by atoms with Crippen LogP contribution < -0.4 is 0 Å². The van der Waals surface area contributed by atoms with Crippen molar-refractivity contribution in [2.45, 2.75) is 97.1 Å². The molecule has 0 radical (unpaired) electrons. The first kappa shape index (κ1) is 19.4. The standard InChI is InChI=1S/C17H35NO2/c1-4-5-6-7-8-9-10-11-12-13-14-15-17(20)18(3)16(2)19/h16,19H,4-15H2,1-3H3. The number of rotatable bonds is 13. The van der Waals surface area contributed by atoms with E-state index in [1.165, 1.54) is 62.7 Å². The lowest BCUT2D eigenvalue weighted by molar-refractivity contribution is -0.137. The van der Waals surface area contributed by atoms with Gasteiger partial charge < -0.3 is 10.0 Å². The molecule has 0 spiro atoms. The molecule has 3 heteroatoms. The van der Waals surface area contributed by atoms with Gasteiger partial charge in [-0.05, 0) is 13.3 Å². The molecule has 1 atom stereocenters. The molecule has 0 rings (SSSR count). The summed E-state index contributed by atoms with van der Waals surface area (Å²) in [7, 11) is 1.66. The fourth-order valence-corrected chi connectivity index (χ4v) is 2.33. The summed E-state index contributed by atoms with van der Waals surface area (Å²) in [5.74, 6) is 0.0518. The van der Waals surface area contributed by atoms with Crippen LogP contribution in [-0.2, 0) is 4.79 Å². The van der Waals surface area contributed by atoms with Crippen LogP contribution in [0.4, 0.5) is 0 Å². The first-order valence-electron chi connectivity index (χ1n) is 8.53. The Morgan fingerprint density at radius 3 is 1.70 bits per heavy atom. The summed E-state index contributed by atoms with van der Waals surface area (Å²) in [4.78, 5) is 13.0. The van der Waals surface area contributed by atoms with Gasteiger partial charge >= 0.3 is 0 Å². The Bertz CT molecular complexity index is 229. The van der Waals surface area contributed by atoms with Gasteiger partial charge in [0.25, 0.3) is 0 Å². The lowest BCUT2D eigenvalue weighted by Gasteiger charge is -2.20. The molecule has 3 nitrogen and oxygen atoms in total. The van der Waals surface area contributed by atoms with Crippen LogP contribution in [0.3, 0.4) is 0 Å². The molecule has 0 bridgehead atoms. The van der Waals surface area contributed by atoms with Crippen LogP contribution >= 0.6 is 0 Å². The summed E-state index contributed by atoms with van der Waals surface area (Å²) in [5.41, 5.74) is 0. The van der Waals surface area contributed by atoms with Gasteiger partial charge in [0.2, 0.25) is 5.91 Å². The van der Waals surface area contributed by atoms with E-state index in [0.29, 0.717) is 6.42 Å². The monoisotopic (exact) mass is 285 g/mol. The van der Waals surface area contributed by atoms with Crippen LogP contribution in [0.5, 0.6) is 0 Å². The molecule has 0 saturated heterocycles. The van der Waals surface area contributed by atoms with Gasteiger partial charge in [-0.15, -0.1) is 0 Å². The van der Waals surface area contributed by atoms with Gasteiger partial charge in [0.15, 0.2) is 0 Å². The second-order valence-corrected chi connectivity index (χ2v) is 5.92. The predicted molar refractivity (Wildman–Crippen MR) is 85.5 cm³/mol. The number of hydrogen-bond donors (Lipinski definition) is 1. The third-order valence-corrected chi connectivity index (χ3v) is 3.95. The SMILES string of the molecule is CCCCCCCCCCCCCC(=O)N(C)C(C)O. The molecule has 0 aromatic carbocycles. The van der Waals surface area contributed by atoms with Gasteiger partial charge in [-0.25, -0.2) is 0 Å². The smallest absolute Gasteiger partial charge is 0.224 e. The average molecular weight is 285 g/mol. The van der Waals surface area contributed by atoms with E-state index in [9.17, 15) is 9.90 Å². The van der Waals surface area contributed by atoms with Crippen molar-refractivity contribution in [3.63, 3.8) is 0 Å². The highest BCUT2D eigenvalue weighted by molar-refractivity contribution is 5.75. The highest BCUT2D eigenvalue weighted by atomic mass is 16.3. The Kier molecular flexibility index (Phi) is 13.0. The quantitative estimate of drug-likeness (QED) is 0.400. The van der Waals surface area contributed by atoms with Crippen LogP contribution in [0.2, 0.25) is 0 Å². The fourth-order valence-electron chi connectivity index (χ4n) is 2.33. The Balaban J connectivity index is 3.23. The Hall–Kier alpha value is -0.570. The van der Waals surface area contributed by atoms with Crippen LogP contribution in [0.25, 0.3) is 0 Å². The van der Waals surface area contributed by atoms with Crippen molar-refractivity contribution in [3.8, 4) is 0 Å². The number of unbranched alkanes of at least 4 members (excludes halogenated alkanes) is 10. The van der Waals surface area contributed by atoms with E-state index in [4.69, 9.17) is 0 Å². The third-order valence-electron chi connectivity index (χ3n) is 3.95. The summed E-state index contributed by atoms with van der Waals surface area (Å²) < 4.78 is 0. The van der Waals surface area contributed by atoms with E-state index < -0.39 is 6.23 Å². The fraction of sp³-hybridized carbons (Fsp3) is 0.941. The van der Waals surface area contributed by atoms with Crippen molar-refractivity contribution in [1.29, 1.82) is 0 Å². The molecule has 0 aliphatic heterocycles. The number of carbonyl (C=O) groups is 1. The lowest BCUT2D eigenvalue weighted by atomic mass is 10.1. The van der Waals surface area contributed by atoms with Crippen molar-refractivity contribution in [3.05, 3.63) is 0 Å². The molecule has 1 unspecified atom stereocenters. The van der Waals surface area contributed by atoms with Gasteiger partial charge in [0.05, 0.1) is 0 Å². The van der Waals surface area contributed by atoms with Gasteiger partial charge in [-0.2, -0.15) is 0 Å². The number of hydrogen-bond acceptors (Lipinski definition) is 2. The van der Waals surface area contributed by atoms with E-state index in [0.717, 1.165) is 12.8 Å². The maximum absolute atomic E-state index is 11.6. The number of aliphatic hydroxyl groups excluding tert-OH is 1.